The highest BCUT2D eigenvalue weighted by Crippen LogP contribution is 2.29. The highest BCUT2D eigenvalue weighted by molar-refractivity contribution is 7.91. The van der Waals surface area contributed by atoms with Crippen molar-refractivity contribution in [3.63, 3.8) is 0 Å². The third kappa shape index (κ3) is 3.41. The van der Waals surface area contributed by atoms with E-state index in [0.29, 0.717) is 12.1 Å². The van der Waals surface area contributed by atoms with Gasteiger partial charge in [0.05, 0.1) is 16.4 Å². The smallest absolute Gasteiger partial charge is 0.238 e. The molecule has 1 aliphatic heterocycles. The third-order valence-electron chi connectivity index (χ3n) is 3.21. The average Bonchev–Trinajstić information content (AvgIpc) is 2.50. The first-order chi connectivity index (χ1) is 8.99. The summed E-state index contributed by atoms with van der Waals surface area (Å²) < 4.78 is 45.8. The Bertz CT molecular complexity index is 743. The summed E-state index contributed by atoms with van der Waals surface area (Å²) in [6.07, 6.45) is 0.453. The Balaban J connectivity index is 2.33. The Morgan fingerprint density at radius 2 is 1.95 bits per heavy atom. The Hall–Kier alpha value is -1.32. The summed E-state index contributed by atoms with van der Waals surface area (Å²) >= 11 is 0. The van der Waals surface area contributed by atoms with Crippen molar-refractivity contribution in [1.29, 1.82) is 0 Å². The number of rotatable bonds is 3. The lowest BCUT2D eigenvalue weighted by molar-refractivity contribution is 0.573. The van der Waals surface area contributed by atoms with Crippen molar-refractivity contribution < 1.29 is 16.8 Å². The minimum atomic E-state index is -3.86. The van der Waals surface area contributed by atoms with Gasteiger partial charge in [0.2, 0.25) is 10.0 Å². The molecule has 0 bridgehead atoms. The minimum absolute atomic E-state index is 0.000489. The number of benzene rings is 1. The van der Waals surface area contributed by atoms with Crippen LogP contribution in [0.25, 0.3) is 0 Å². The summed E-state index contributed by atoms with van der Waals surface area (Å²) in [5.74, 6) is 0.111. The molecule has 1 aromatic carbocycles. The van der Waals surface area contributed by atoms with Crippen LogP contribution in [-0.4, -0.2) is 33.9 Å². The predicted octanol–water partition coefficient (Wildman–Crippen LogP) is -0.0947. The molecule has 20 heavy (non-hydrogen) atoms. The number of hydrogen-bond donors (Lipinski definition) is 3. The van der Waals surface area contributed by atoms with Crippen LogP contribution in [0.5, 0.6) is 0 Å². The fraction of sp³-hybridized carbons (Fsp3) is 0.455. The van der Waals surface area contributed by atoms with Crippen LogP contribution in [0, 0.1) is 0 Å². The summed E-state index contributed by atoms with van der Waals surface area (Å²) in [6, 6.07) is 4.15. The molecule has 1 aromatic rings. The van der Waals surface area contributed by atoms with E-state index in [0.717, 1.165) is 0 Å². The van der Waals surface area contributed by atoms with Crippen molar-refractivity contribution in [1.82, 2.24) is 0 Å². The maximum Gasteiger partial charge on any atom is 0.238 e. The van der Waals surface area contributed by atoms with E-state index < -0.39 is 25.4 Å². The highest BCUT2D eigenvalue weighted by Gasteiger charge is 2.38. The van der Waals surface area contributed by atoms with Gasteiger partial charge < -0.3 is 11.1 Å². The Morgan fingerprint density at radius 3 is 2.45 bits per heavy atom. The van der Waals surface area contributed by atoms with Crippen LogP contribution in [0.1, 0.15) is 13.3 Å². The first kappa shape index (κ1) is 15.1. The molecule has 0 aromatic heterocycles. The zero-order chi connectivity index (χ0) is 15.2. The summed E-state index contributed by atoms with van der Waals surface area (Å²) in [5, 5.41) is 8.12. The number of anilines is 2. The van der Waals surface area contributed by atoms with Gasteiger partial charge in [0.1, 0.15) is 0 Å². The zero-order valence-corrected chi connectivity index (χ0v) is 12.6. The molecule has 1 atom stereocenters. The van der Waals surface area contributed by atoms with E-state index in [-0.39, 0.29) is 22.1 Å². The van der Waals surface area contributed by atoms with E-state index in [1.165, 1.54) is 12.1 Å². The van der Waals surface area contributed by atoms with Gasteiger partial charge in [-0.15, -0.1) is 0 Å². The number of nitrogen functional groups attached to an aromatic ring is 1. The maximum absolute atomic E-state index is 11.5. The SMILES string of the molecule is CC1(Nc2cc(N)cc(S(N)(=O)=O)c2)CCS(=O)(=O)C1. The van der Waals surface area contributed by atoms with Crippen LogP contribution in [0.3, 0.4) is 0 Å². The van der Waals surface area contributed by atoms with Crippen LogP contribution in [-0.2, 0) is 19.9 Å². The molecular weight excluding hydrogens is 302 g/mol. The van der Waals surface area contributed by atoms with E-state index in [4.69, 9.17) is 10.9 Å². The van der Waals surface area contributed by atoms with Gasteiger partial charge in [0.15, 0.2) is 9.84 Å². The number of nitrogens with two attached hydrogens (primary N) is 2. The second-order valence-electron chi connectivity index (χ2n) is 5.36. The lowest BCUT2D eigenvalue weighted by Gasteiger charge is -2.25. The van der Waals surface area contributed by atoms with Crippen molar-refractivity contribution in [2.24, 2.45) is 5.14 Å². The van der Waals surface area contributed by atoms with E-state index in [1.807, 2.05) is 0 Å². The van der Waals surface area contributed by atoms with Crippen LogP contribution in [0.4, 0.5) is 11.4 Å². The standard InChI is InChI=1S/C11H17N3O4S2/c1-11(2-3-19(15,16)7-11)14-9-4-8(12)5-10(6-9)20(13,17)18/h4-6,14H,2-3,7,12H2,1H3,(H2,13,17,18). The fourth-order valence-electron chi connectivity index (χ4n) is 2.32. The molecule has 1 saturated heterocycles. The topological polar surface area (TPSA) is 132 Å². The minimum Gasteiger partial charge on any atom is -0.399 e. The van der Waals surface area contributed by atoms with E-state index in [1.54, 1.807) is 13.0 Å². The van der Waals surface area contributed by atoms with Crippen molar-refractivity contribution in [3.05, 3.63) is 18.2 Å². The van der Waals surface area contributed by atoms with Crippen molar-refractivity contribution in [2.45, 2.75) is 23.8 Å². The van der Waals surface area contributed by atoms with Crippen LogP contribution >= 0.6 is 0 Å². The molecule has 7 nitrogen and oxygen atoms in total. The number of primary sulfonamides is 1. The van der Waals surface area contributed by atoms with Crippen molar-refractivity contribution >= 4 is 31.2 Å². The predicted molar refractivity (Wildman–Crippen MR) is 77.5 cm³/mol. The quantitative estimate of drug-likeness (QED) is 0.667. The summed E-state index contributed by atoms with van der Waals surface area (Å²) in [5.41, 5.74) is 5.69. The molecule has 9 heteroatoms. The average molecular weight is 319 g/mol. The van der Waals surface area contributed by atoms with Gasteiger partial charge in [-0.3, -0.25) is 0 Å². The largest absolute Gasteiger partial charge is 0.399 e. The molecule has 1 fully saturated rings. The fourth-order valence-corrected chi connectivity index (χ4v) is 5.00. The van der Waals surface area contributed by atoms with Gasteiger partial charge in [-0.2, -0.15) is 0 Å². The van der Waals surface area contributed by atoms with Gasteiger partial charge in [0.25, 0.3) is 0 Å². The molecule has 1 heterocycles. The number of sulfonamides is 1. The Morgan fingerprint density at radius 1 is 1.30 bits per heavy atom. The normalized spacial score (nSPS) is 25.5. The van der Waals surface area contributed by atoms with Crippen LogP contribution in [0.15, 0.2) is 23.1 Å². The molecule has 2 rings (SSSR count). The first-order valence-corrected chi connectivity index (χ1v) is 9.28. The van der Waals surface area contributed by atoms with Crippen LogP contribution < -0.4 is 16.2 Å². The second kappa shape index (κ2) is 4.61. The lowest BCUT2D eigenvalue weighted by atomic mass is 10.0. The molecule has 0 radical (unpaired) electrons. The van der Waals surface area contributed by atoms with E-state index in [9.17, 15) is 16.8 Å². The monoisotopic (exact) mass is 319 g/mol. The molecular formula is C11H17N3O4S2. The van der Waals surface area contributed by atoms with E-state index >= 15 is 0 Å². The summed E-state index contributed by atoms with van der Waals surface area (Å²) in [4.78, 5) is -0.107. The van der Waals surface area contributed by atoms with Gasteiger partial charge in [-0.1, -0.05) is 0 Å². The van der Waals surface area contributed by atoms with Crippen molar-refractivity contribution in [3.8, 4) is 0 Å². The lowest BCUT2D eigenvalue weighted by Crippen LogP contribution is -2.36. The molecule has 5 N–H and O–H groups in total. The molecule has 112 valence electrons. The molecule has 0 saturated carbocycles. The maximum atomic E-state index is 11.5. The van der Waals surface area contributed by atoms with Gasteiger partial charge >= 0.3 is 0 Å². The van der Waals surface area contributed by atoms with Crippen LogP contribution in [0.2, 0.25) is 0 Å². The molecule has 0 spiro atoms. The molecule has 1 aliphatic rings. The van der Waals surface area contributed by atoms with Gasteiger partial charge in [-0.25, -0.2) is 22.0 Å². The van der Waals surface area contributed by atoms with E-state index in [2.05, 4.69) is 5.32 Å². The van der Waals surface area contributed by atoms with Gasteiger partial charge in [-0.05, 0) is 31.5 Å². The third-order valence-corrected chi connectivity index (χ3v) is 6.00. The molecule has 1 unspecified atom stereocenters. The number of nitrogens with one attached hydrogen (secondary N) is 1. The summed E-state index contributed by atoms with van der Waals surface area (Å²) in [6.45, 7) is 1.78. The van der Waals surface area contributed by atoms with Crippen molar-refractivity contribution in [2.75, 3.05) is 22.6 Å². The number of hydrogen-bond acceptors (Lipinski definition) is 6. The Labute approximate surface area is 118 Å². The summed E-state index contributed by atoms with van der Waals surface area (Å²) in [7, 11) is -6.92. The second-order valence-corrected chi connectivity index (χ2v) is 9.11. The highest BCUT2D eigenvalue weighted by atomic mass is 32.2. The molecule has 0 amide bonds. The van der Waals surface area contributed by atoms with Gasteiger partial charge in [0, 0.05) is 16.9 Å². The zero-order valence-electron chi connectivity index (χ0n) is 11.0. The first-order valence-electron chi connectivity index (χ1n) is 5.91. The Kier molecular flexibility index (Phi) is 3.47. The number of sulfone groups is 1. The molecule has 0 aliphatic carbocycles.